The maximum Gasteiger partial charge on any atom is 0.151 e. The predicted molar refractivity (Wildman–Crippen MR) is 77.6 cm³/mol. The van der Waals surface area contributed by atoms with Crippen LogP contribution in [0.15, 0.2) is 36.4 Å². The quantitative estimate of drug-likeness (QED) is 0.739. The Morgan fingerprint density at radius 1 is 1.05 bits per heavy atom. The second kappa shape index (κ2) is 6.29. The number of hydrogen-bond acceptors (Lipinski definition) is 2. The van der Waals surface area contributed by atoms with Gasteiger partial charge >= 0.3 is 0 Å². The van der Waals surface area contributed by atoms with Crippen LogP contribution in [0.2, 0.25) is 15.1 Å². The van der Waals surface area contributed by atoms with Crippen LogP contribution in [0.3, 0.4) is 0 Å². The molecular weight excluding hydrogens is 307 g/mol. The Bertz CT molecular complexity index is 612. The van der Waals surface area contributed by atoms with Gasteiger partial charge in [0.1, 0.15) is 12.4 Å². The Morgan fingerprint density at radius 2 is 1.84 bits per heavy atom. The molecule has 0 bridgehead atoms. The van der Waals surface area contributed by atoms with Gasteiger partial charge in [0.15, 0.2) is 6.29 Å². The fourth-order valence-electron chi connectivity index (χ4n) is 1.52. The van der Waals surface area contributed by atoms with Crippen LogP contribution in [0.25, 0.3) is 0 Å². The zero-order valence-corrected chi connectivity index (χ0v) is 12.0. The van der Waals surface area contributed by atoms with Crippen molar-refractivity contribution in [2.45, 2.75) is 6.61 Å². The molecule has 2 rings (SSSR count). The Labute approximate surface area is 125 Å². The number of benzene rings is 2. The minimum absolute atomic E-state index is 0.291. The molecule has 2 aromatic rings. The van der Waals surface area contributed by atoms with Gasteiger partial charge in [-0.15, -0.1) is 0 Å². The van der Waals surface area contributed by atoms with Crippen molar-refractivity contribution in [1.29, 1.82) is 0 Å². The maximum absolute atomic E-state index is 10.8. The summed E-state index contributed by atoms with van der Waals surface area (Å²) in [4.78, 5) is 10.8. The zero-order valence-electron chi connectivity index (χ0n) is 9.70. The summed E-state index contributed by atoms with van der Waals surface area (Å²) in [7, 11) is 0. The Balaban J connectivity index is 2.14. The third kappa shape index (κ3) is 3.41. The molecule has 0 unspecified atom stereocenters. The van der Waals surface area contributed by atoms with Crippen LogP contribution < -0.4 is 4.74 Å². The standard InChI is InChI=1S/C14H9Cl3O2/c15-11-5-4-9(6-12(11)16)8-19-13-3-1-2-10(7-18)14(13)17/h1-7H,8H2. The molecule has 0 saturated carbocycles. The fraction of sp³-hybridized carbons (Fsp3) is 0.0714. The lowest BCUT2D eigenvalue weighted by Gasteiger charge is -2.09. The molecule has 0 saturated heterocycles. The molecule has 0 radical (unpaired) electrons. The van der Waals surface area contributed by atoms with E-state index in [0.717, 1.165) is 5.56 Å². The van der Waals surface area contributed by atoms with Crippen LogP contribution in [-0.2, 0) is 6.61 Å². The van der Waals surface area contributed by atoms with Gasteiger partial charge in [-0.1, -0.05) is 46.9 Å². The van der Waals surface area contributed by atoms with Crippen molar-refractivity contribution in [3.8, 4) is 5.75 Å². The maximum atomic E-state index is 10.8. The second-order valence-corrected chi connectivity index (χ2v) is 5.01. The van der Waals surface area contributed by atoms with Gasteiger partial charge in [-0.05, 0) is 29.8 Å². The summed E-state index contributed by atoms with van der Waals surface area (Å²) < 4.78 is 5.57. The molecule has 0 fully saturated rings. The molecule has 0 aromatic heterocycles. The average molecular weight is 316 g/mol. The first kappa shape index (κ1) is 14.2. The molecule has 0 spiro atoms. The molecule has 2 nitrogen and oxygen atoms in total. The van der Waals surface area contributed by atoms with Crippen LogP contribution in [0.1, 0.15) is 15.9 Å². The molecule has 0 heterocycles. The first-order valence-corrected chi connectivity index (χ1v) is 6.55. The minimum Gasteiger partial charge on any atom is -0.487 e. The smallest absolute Gasteiger partial charge is 0.151 e. The van der Waals surface area contributed by atoms with E-state index in [2.05, 4.69) is 0 Å². The number of carbonyl (C=O) groups is 1. The predicted octanol–water partition coefficient (Wildman–Crippen LogP) is 5.04. The van der Waals surface area contributed by atoms with Crippen LogP contribution in [0.5, 0.6) is 5.75 Å². The first-order chi connectivity index (χ1) is 9.11. The molecule has 5 heteroatoms. The highest BCUT2D eigenvalue weighted by atomic mass is 35.5. The third-order valence-electron chi connectivity index (χ3n) is 2.50. The molecular formula is C14H9Cl3O2. The van der Waals surface area contributed by atoms with Gasteiger partial charge in [0.2, 0.25) is 0 Å². The summed E-state index contributed by atoms with van der Waals surface area (Å²) in [6.45, 7) is 0.291. The van der Waals surface area contributed by atoms with Gasteiger partial charge in [-0.25, -0.2) is 0 Å². The number of carbonyl (C=O) groups excluding carboxylic acids is 1. The monoisotopic (exact) mass is 314 g/mol. The molecule has 19 heavy (non-hydrogen) atoms. The highest BCUT2D eigenvalue weighted by Crippen LogP contribution is 2.28. The summed E-state index contributed by atoms with van der Waals surface area (Å²) in [5, 5.41) is 1.26. The van der Waals surface area contributed by atoms with Crippen molar-refractivity contribution >= 4 is 41.1 Å². The van der Waals surface area contributed by atoms with Gasteiger partial charge in [0, 0.05) is 5.56 Å². The number of rotatable bonds is 4. The molecule has 2 aromatic carbocycles. The fourth-order valence-corrected chi connectivity index (χ4v) is 2.07. The van der Waals surface area contributed by atoms with E-state index in [1.807, 2.05) is 6.07 Å². The van der Waals surface area contributed by atoms with Crippen LogP contribution in [0, 0.1) is 0 Å². The lowest BCUT2D eigenvalue weighted by molar-refractivity contribution is 0.112. The third-order valence-corrected chi connectivity index (χ3v) is 3.64. The van der Waals surface area contributed by atoms with Crippen molar-refractivity contribution in [2.75, 3.05) is 0 Å². The van der Waals surface area contributed by atoms with Gasteiger partial charge in [0.25, 0.3) is 0 Å². The first-order valence-electron chi connectivity index (χ1n) is 5.42. The highest BCUT2D eigenvalue weighted by molar-refractivity contribution is 6.42. The van der Waals surface area contributed by atoms with Crippen LogP contribution in [0.4, 0.5) is 0 Å². The zero-order chi connectivity index (χ0) is 13.8. The Morgan fingerprint density at radius 3 is 2.53 bits per heavy atom. The Hall–Kier alpha value is -1.22. The topological polar surface area (TPSA) is 26.3 Å². The molecule has 0 amide bonds. The lowest BCUT2D eigenvalue weighted by atomic mass is 10.2. The minimum atomic E-state index is 0.291. The van der Waals surface area contributed by atoms with Crippen molar-refractivity contribution < 1.29 is 9.53 Å². The molecule has 98 valence electrons. The van der Waals surface area contributed by atoms with E-state index in [-0.39, 0.29) is 0 Å². The van der Waals surface area contributed by atoms with Crippen molar-refractivity contribution in [3.05, 3.63) is 62.6 Å². The van der Waals surface area contributed by atoms with E-state index in [4.69, 9.17) is 39.5 Å². The highest BCUT2D eigenvalue weighted by Gasteiger charge is 2.07. The van der Waals surface area contributed by atoms with Crippen molar-refractivity contribution in [1.82, 2.24) is 0 Å². The van der Waals surface area contributed by atoms with Crippen LogP contribution >= 0.6 is 34.8 Å². The number of aldehydes is 1. The van der Waals surface area contributed by atoms with E-state index in [1.54, 1.807) is 30.3 Å². The number of ether oxygens (including phenoxy) is 1. The molecule has 0 aliphatic heterocycles. The van der Waals surface area contributed by atoms with E-state index in [1.165, 1.54) is 0 Å². The molecule has 0 N–H and O–H groups in total. The normalized spacial score (nSPS) is 10.3. The lowest BCUT2D eigenvalue weighted by Crippen LogP contribution is -1.97. The summed E-state index contributed by atoms with van der Waals surface area (Å²) >= 11 is 17.8. The van der Waals surface area contributed by atoms with E-state index >= 15 is 0 Å². The van der Waals surface area contributed by atoms with Gasteiger partial charge in [-0.3, -0.25) is 4.79 Å². The molecule has 0 atom stereocenters. The summed E-state index contributed by atoms with van der Waals surface area (Å²) in [6.07, 6.45) is 0.689. The van der Waals surface area contributed by atoms with Gasteiger partial charge in [-0.2, -0.15) is 0 Å². The number of halogens is 3. The van der Waals surface area contributed by atoms with Crippen molar-refractivity contribution in [3.63, 3.8) is 0 Å². The van der Waals surface area contributed by atoms with E-state index in [9.17, 15) is 4.79 Å². The summed E-state index contributed by atoms with van der Waals surface area (Å²) in [5.74, 6) is 0.456. The molecule has 0 aliphatic carbocycles. The summed E-state index contributed by atoms with van der Waals surface area (Å²) in [5.41, 5.74) is 1.26. The van der Waals surface area contributed by atoms with Gasteiger partial charge in [0.05, 0.1) is 15.1 Å². The van der Waals surface area contributed by atoms with Gasteiger partial charge < -0.3 is 4.74 Å². The Kier molecular flexibility index (Phi) is 4.70. The summed E-state index contributed by atoms with van der Waals surface area (Å²) in [6, 6.07) is 10.3. The van der Waals surface area contributed by atoms with E-state index < -0.39 is 0 Å². The molecule has 0 aliphatic rings. The average Bonchev–Trinajstić information content (AvgIpc) is 2.41. The largest absolute Gasteiger partial charge is 0.487 e. The SMILES string of the molecule is O=Cc1cccc(OCc2ccc(Cl)c(Cl)c2)c1Cl. The number of hydrogen-bond donors (Lipinski definition) is 0. The second-order valence-electron chi connectivity index (χ2n) is 3.81. The van der Waals surface area contributed by atoms with E-state index in [0.29, 0.717) is 39.3 Å². The van der Waals surface area contributed by atoms with Crippen molar-refractivity contribution in [2.24, 2.45) is 0 Å². The van der Waals surface area contributed by atoms with Crippen LogP contribution in [-0.4, -0.2) is 6.29 Å².